The van der Waals surface area contributed by atoms with Crippen LogP contribution in [0.15, 0.2) is 50.8 Å². The Balaban J connectivity index is 1.58. The van der Waals surface area contributed by atoms with Gasteiger partial charge in [0, 0.05) is 28.8 Å². The predicted molar refractivity (Wildman–Crippen MR) is 127 cm³/mol. The van der Waals surface area contributed by atoms with E-state index in [2.05, 4.69) is 21.2 Å². The van der Waals surface area contributed by atoms with Crippen LogP contribution >= 0.6 is 35.0 Å². The monoisotopic (exact) mass is 456 g/mol. The lowest BCUT2D eigenvalue weighted by molar-refractivity contribution is 0.455. The second kappa shape index (κ2) is 8.05. The van der Waals surface area contributed by atoms with Crippen molar-refractivity contribution >= 4 is 52.1 Å². The molecule has 6 nitrogen and oxygen atoms in total. The summed E-state index contributed by atoms with van der Waals surface area (Å²) in [7, 11) is 0. The van der Waals surface area contributed by atoms with Crippen LogP contribution in [0.25, 0.3) is 16.3 Å². The topological polar surface area (TPSA) is 79.2 Å². The zero-order valence-electron chi connectivity index (χ0n) is 16.2. The van der Waals surface area contributed by atoms with Crippen molar-refractivity contribution in [2.24, 2.45) is 5.92 Å². The molecule has 3 N–H and O–H groups in total. The summed E-state index contributed by atoms with van der Waals surface area (Å²) in [5.41, 5.74) is 3.00. The average molecular weight is 457 g/mol. The molecule has 0 spiro atoms. The minimum Gasteiger partial charge on any atom is -0.505 e. The van der Waals surface area contributed by atoms with Gasteiger partial charge in [-0.05, 0) is 48.4 Å². The number of nitrogens with zero attached hydrogens (tertiary/aromatic N) is 2. The van der Waals surface area contributed by atoms with Crippen molar-refractivity contribution in [3.63, 3.8) is 0 Å². The third-order valence-electron chi connectivity index (χ3n) is 5.06. The first-order chi connectivity index (χ1) is 14.6. The second-order valence-electron chi connectivity index (χ2n) is 7.27. The SMILES string of the molecule is CSNc1ccc2c(c1)SC=C(c1c(O)c(-c3cccs3)nn(CC3CC3)c1=O)N2. The molecule has 3 aromatic rings. The first-order valence-corrected chi connectivity index (χ1v) is 12.6. The number of benzene rings is 1. The van der Waals surface area contributed by atoms with Crippen molar-refractivity contribution in [2.45, 2.75) is 24.3 Å². The summed E-state index contributed by atoms with van der Waals surface area (Å²) in [6, 6.07) is 9.86. The molecule has 1 aliphatic heterocycles. The molecular formula is C21H20N4O2S3. The molecule has 3 heterocycles. The Bertz CT molecular complexity index is 1180. The molecule has 5 rings (SSSR count). The van der Waals surface area contributed by atoms with E-state index >= 15 is 0 Å². The van der Waals surface area contributed by atoms with Crippen LogP contribution in [0, 0.1) is 5.92 Å². The summed E-state index contributed by atoms with van der Waals surface area (Å²) in [5, 5.41) is 22.7. The summed E-state index contributed by atoms with van der Waals surface area (Å²) >= 11 is 4.57. The van der Waals surface area contributed by atoms with Gasteiger partial charge in [-0.25, -0.2) is 4.68 Å². The minimum absolute atomic E-state index is 0.0713. The highest BCUT2D eigenvalue weighted by Gasteiger charge is 2.28. The Labute approximate surface area is 186 Å². The quantitative estimate of drug-likeness (QED) is 0.435. The third kappa shape index (κ3) is 3.73. The van der Waals surface area contributed by atoms with Gasteiger partial charge in [0.2, 0.25) is 0 Å². The fourth-order valence-corrected chi connectivity index (χ4v) is 5.31. The van der Waals surface area contributed by atoms with Gasteiger partial charge < -0.3 is 15.1 Å². The Morgan fingerprint density at radius 1 is 1.37 bits per heavy atom. The van der Waals surface area contributed by atoms with Gasteiger partial charge in [0.05, 0.1) is 16.3 Å². The first-order valence-electron chi connectivity index (χ1n) is 9.59. The zero-order chi connectivity index (χ0) is 20.7. The molecule has 1 aliphatic carbocycles. The largest absolute Gasteiger partial charge is 0.505 e. The molecule has 0 radical (unpaired) electrons. The van der Waals surface area contributed by atoms with Crippen molar-refractivity contribution < 1.29 is 5.11 Å². The lowest BCUT2D eigenvalue weighted by atomic mass is 10.1. The van der Waals surface area contributed by atoms with Crippen molar-refractivity contribution in [1.82, 2.24) is 9.78 Å². The van der Waals surface area contributed by atoms with Gasteiger partial charge in [-0.15, -0.1) is 11.3 Å². The molecule has 0 unspecified atom stereocenters. The highest BCUT2D eigenvalue weighted by atomic mass is 32.2. The molecule has 9 heteroatoms. The van der Waals surface area contributed by atoms with Crippen molar-refractivity contribution in [3.05, 3.63) is 57.0 Å². The van der Waals surface area contributed by atoms with E-state index < -0.39 is 0 Å². The molecule has 0 bridgehead atoms. The number of nitrogens with one attached hydrogen (secondary N) is 2. The average Bonchev–Trinajstić information content (AvgIpc) is 3.40. The van der Waals surface area contributed by atoms with E-state index in [0.717, 1.165) is 34.0 Å². The standard InChI is InChI=1S/C21H20N4O2S3/c1-28-24-13-6-7-14-17(9-13)30-11-15(22-14)18-20(26)19(16-3-2-8-29-16)23-25(21(18)27)10-12-4-5-12/h2-3,6-9,11-12,22,24,26H,4-5,10H2,1H3. The van der Waals surface area contributed by atoms with E-state index in [1.54, 1.807) is 11.9 Å². The molecule has 0 amide bonds. The second-order valence-corrected chi connectivity index (χ2v) is 9.74. The van der Waals surface area contributed by atoms with Crippen LogP contribution < -0.4 is 15.6 Å². The number of thiophene rings is 1. The fourth-order valence-electron chi connectivity index (χ4n) is 3.38. The van der Waals surface area contributed by atoms with Crippen molar-refractivity contribution in [3.8, 4) is 16.3 Å². The lowest BCUT2D eigenvalue weighted by Crippen LogP contribution is -2.28. The summed E-state index contributed by atoms with van der Waals surface area (Å²) in [6.07, 6.45) is 4.22. The van der Waals surface area contributed by atoms with E-state index in [-0.39, 0.29) is 16.9 Å². The molecule has 30 heavy (non-hydrogen) atoms. The normalized spacial score (nSPS) is 15.3. The number of fused-ring (bicyclic) bond motifs is 1. The van der Waals surface area contributed by atoms with Gasteiger partial charge in [0.25, 0.3) is 5.56 Å². The predicted octanol–water partition coefficient (Wildman–Crippen LogP) is 5.29. The highest BCUT2D eigenvalue weighted by molar-refractivity contribution is 8.02. The Morgan fingerprint density at radius 2 is 2.23 bits per heavy atom. The molecule has 0 saturated heterocycles. The molecule has 2 aliphatic rings. The maximum absolute atomic E-state index is 13.3. The number of hydrogen-bond donors (Lipinski definition) is 3. The van der Waals surface area contributed by atoms with E-state index in [9.17, 15) is 9.90 Å². The van der Waals surface area contributed by atoms with Crippen LogP contribution in [0.5, 0.6) is 5.75 Å². The van der Waals surface area contributed by atoms with Crippen LogP contribution in [0.1, 0.15) is 18.4 Å². The van der Waals surface area contributed by atoms with Crippen LogP contribution in [0.3, 0.4) is 0 Å². The van der Waals surface area contributed by atoms with Gasteiger partial charge >= 0.3 is 0 Å². The lowest BCUT2D eigenvalue weighted by Gasteiger charge is -2.21. The summed E-state index contributed by atoms with van der Waals surface area (Å²) < 4.78 is 4.75. The van der Waals surface area contributed by atoms with Crippen LogP contribution in [-0.2, 0) is 6.54 Å². The number of thioether (sulfide) groups is 1. The van der Waals surface area contributed by atoms with Gasteiger partial charge in [-0.1, -0.05) is 29.8 Å². The fraction of sp³-hybridized carbons (Fsp3) is 0.238. The van der Waals surface area contributed by atoms with Gasteiger partial charge in [-0.3, -0.25) is 4.79 Å². The number of aromatic hydroxyl groups is 1. The number of anilines is 2. The third-order valence-corrected chi connectivity index (χ3v) is 7.32. The van der Waals surface area contributed by atoms with E-state index in [1.165, 1.54) is 27.8 Å². The highest BCUT2D eigenvalue weighted by Crippen LogP contribution is 2.42. The Hall–Kier alpha value is -2.36. The van der Waals surface area contributed by atoms with Gasteiger partial charge in [-0.2, -0.15) is 5.10 Å². The summed E-state index contributed by atoms with van der Waals surface area (Å²) in [4.78, 5) is 15.2. The maximum atomic E-state index is 13.3. The van der Waals surface area contributed by atoms with Crippen molar-refractivity contribution in [1.29, 1.82) is 0 Å². The van der Waals surface area contributed by atoms with E-state index in [1.807, 2.05) is 41.3 Å². The molecule has 1 aromatic carbocycles. The molecule has 1 saturated carbocycles. The zero-order valence-corrected chi connectivity index (χ0v) is 18.7. The maximum Gasteiger partial charge on any atom is 0.279 e. The Kier molecular flexibility index (Phi) is 5.26. The number of aromatic nitrogens is 2. The van der Waals surface area contributed by atoms with Gasteiger partial charge in [0.1, 0.15) is 11.3 Å². The number of hydrogen-bond acceptors (Lipinski definition) is 8. The van der Waals surface area contributed by atoms with E-state index in [0.29, 0.717) is 23.9 Å². The summed E-state index contributed by atoms with van der Waals surface area (Å²) in [6.45, 7) is 0.589. The van der Waals surface area contributed by atoms with Crippen LogP contribution in [-0.4, -0.2) is 21.1 Å². The molecule has 2 aromatic heterocycles. The molecular weight excluding hydrogens is 436 g/mol. The molecule has 154 valence electrons. The molecule has 1 fully saturated rings. The summed E-state index contributed by atoms with van der Waals surface area (Å²) in [5.74, 6) is 0.424. The van der Waals surface area contributed by atoms with E-state index in [4.69, 9.17) is 0 Å². The smallest absolute Gasteiger partial charge is 0.279 e. The minimum atomic E-state index is -0.261. The van der Waals surface area contributed by atoms with Crippen LogP contribution in [0.2, 0.25) is 0 Å². The van der Waals surface area contributed by atoms with Crippen LogP contribution in [0.4, 0.5) is 11.4 Å². The van der Waals surface area contributed by atoms with Gasteiger partial charge in [0.15, 0.2) is 5.75 Å². The molecule has 0 atom stereocenters. The first kappa shape index (κ1) is 19.6. The Morgan fingerprint density at radius 3 is 2.97 bits per heavy atom. The van der Waals surface area contributed by atoms with Crippen molar-refractivity contribution in [2.75, 3.05) is 16.3 Å². The number of rotatable bonds is 6.